The number of halogens is 2. The maximum Gasteiger partial charge on any atom is 0.242 e. The zero-order valence-electron chi connectivity index (χ0n) is 15.8. The predicted molar refractivity (Wildman–Crippen MR) is 110 cm³/mol. The Labute approximate surface area is 170 Å². The molecule has 1 N–H and O–H groups in total. The van der Waals surface area contributed by atoms with Crippen LogP contribution in [0.5, 0.6) is 0 Å². The van der Waals surface area contributed by atoms with E-state index >= 15 is 0 Å². The maximum atomic E-state index is 13.1. The minimum absolute atomic E-state index is 0.111. The summed E-state index contributed by atoms with van der Waals surface area (Å²) < 4.78 is 0. The quantitative estimate of drug-likeness (QED) is 0.740. The van der Waals surface area contributed by atoms with Gasteiger partial charge in [-0.1, -0.05) is 66.0 Å². The SMILES string of the molecule is CCC(C(=O)NC)N(Cc1ccc(Cl)c(Cl)c1)C(=O)Cc1ccc(C)cc1. The van der Waals surface area contributed by atoms with Gasteiger partial charge in [0, 0.05) is 13.6 Å². The number of carbonyl (C=O) groups excluding carboxylic acids is 2. The summed E-state index contributed by atoms with van der Waals surface area (Å²) in [7, 11) is 1.58. The summed E-state index contributed by atoms with van der Waals surface area (Å²) in [5.41, 5.74) is 2.87. The van der Waals surface area contributed by atoms with Gasteiger partial charge in [0.25, 0.3) is 0 Å². The van der Waals surface area contributed by atoms with Gasteiger partial charge in [-0.25, -0.2) is 0 Å². The second-order valence-electron chi connectivity index (χ2n) is 6.47. The van der Waals surface area contributed by atoms with Crippen molar-refractivity contribution < 1.29 is 9.59 Å². The van der Waals surface area contributed by atoms with Crippen LogP contribution in [0.2, 0.25) is 10.0 Å². The first kappa shape index (κ1) is 21.3. The molecule has 0 fully saturated rings. The van der Waals surface area contributed by atoms with Crippen LogP contribution in [-0.4, -0.2) is 29.8 Å². The fourth-order valence-corrected chi connectivity index (χ4v) is 3.22. The van der Waals surface area contributed by atoms with Gasteiger partial charge in [-0.05, 0) is 36.6 Å². The Bertz CT molecular complexity index is 806. The Morgan fingerprint density at radius 3 is 2.22 bits per heavy atom. The molecule has 0 bridgehead atoms. The van der Waals surface area contributed by atoms with Gasteiger partial charge in [0.05, 0.1) is 16.5 Å². The molecule has 2 aromatic rings. The first-order valence-corrected chi connectivity index (χ1v) is 9.61. The number of amides is 2. The van der Waals surface area contributed by atoms with Crippen LogP contribution in [0.25, 0.3) is 0 Å². The molecular formula is C21H24Cl2N2O2. The maximum absolute atomic E-state index is 13.1. The number of hydrogen-bond donors (Lipinski definition) is 1. The monoisotopic (exact) mass is 406 g/mol. The van der Waals surface area contributed by atoms with Crippen LogP contribution in [0.4, 0.5) is 0 Å². The van der Waals surface area contributed by atoms with E-state index in [1.165, 1.54) is 0 Å². The van der Waals surface area contributed by atoms with E-state index in [1.54, 1.807) is 24.1 Å². The van der Waals surface area contributed by atoms with Crippen LogP contribution in [0.15, 0.2) is 42.5 Å². The highest BCUT2D eigenvalue weighted by Crippen LogP contribution is 2.24. The molecule has 2 rings (SSSR count). The number of hydrogen-bond acceptors (Lipinski definition) is 2. The van der Waals surface area contributed by atoms with Crippen LogP contribution < -0.4 is 5.32 Å². The van der Waals surface area contributed by atoms with Crippen molar-refractivity contribution in [3.05, 3.63) is 69.2 Å². The van der Waals surface area contributed by atoms with E-state index in [0.717, 1.165) is 16.7 Å². The molecule has 0 spiro atoms. The highest BCUT2D eigenvalue weighted by Gasteiger charge is 2.28. The molecule has 0 saturated heterocycles. The molecule has 0 aliphatic carbocycles. The van der Waals surface area contributed by atoms with E-state index < -0.39 is 6.04 Å². The van der Waals surface area contributed by atoms with E-state index in [9.17, 15) is 9.59 Å². The summed E-state index contributed by atoms with van der Waals surface area (Å²) in [6, 6.07) is 12.5. The molecule has 2 aromatic carbocycles. The van der Waals surface area contributed by atoms with Crippen molar-refractivity contribution in [1.29, 1.82) is 0 Å². The molecule has 0 heterocycles. The number of carbonyl (C=O) groups is 2. The molecule has 27 heavy (non-hydrogen) atoms. The summed E-state index contributed by atoms with van der Waals surface area (Å²) in [5.74, 6) is -0.296. The number of nitrogens with one attached hydrogen (secondary N) is 1. The summed E-state index contributed by atoms with van der Waals surface area (Å²) in [4.78, 5) is 27.0. The standard InChI is InChI=1S/C21H24Cl2N2O2/c1-4-19(21(27)24-3)25(13-16-9-10-17(22)18(23)11-16)20(26)12-15-7-5-14(2)6-8-15/h5-11,19H,4,12-13H2,1-3H3,(H,24,27). The van der Waals surface area contributed by atoms with Crippen molar-refractivity contribution in [2.24, 2.45) is 0 Å². The van der Waals surface area contributed by atoms with Crippen LogP contribution in [-0.2, 0) is 22.6 Å². The van der Waals surface area contributed by atoms with Crippen molar-refractivity contribution in [2.45, 2.75) is 39.3 Å². The largest absolute Gasteiger partial charge is 0.357 e. The average molecular weight is 407 g/mol. The molecule has 6 heteroatoms. The third-order valence-corrected chi connectivity index (χ3v) is 5.18. The lowest BCUT2D eigenvalue weighted by molar-refractivity contribution is -0.140. The molecule has 144 valence electrons. The first-order valence-electron chi connectivity index (χ1n) is 8.86. The van der Waals surface area contributed by atoms with Crippen molar-refractivity contribution in [3.63, 3.8) is 0 Å². The van der Waals surface area contributed by atoms with E-state index in [2.05, 4.69) is 5.32 Å². The molecule has 0 radical (unpaired) electrons. The molecular weight excluding hydrogens is 383 g/mol. The number of aryl methyl sites for hydroxylation is 1. The van der Waals surface area contributed by atoms with E-state index in [4.69, 9.17) is 23.2 Å². The highest BCUT2D eigenvalue weighted by atomic mass is 35.5. The fraction of sp³-hybridized carbons (Fsp3) is 0.333. The van der Waals surface area contributed by atoms with Gasteiger partial charge in [-0.15, -0.1) is 0 Å². The Morgan fingerprint density at radius 1 is 1.04 bits per heavy atom. The second kappa shape index (κ2) is 9.77. The van der Waals surface area contributed by atoms with Gasteiger partial charge >= 0.3 is 0 Å². The topological polar surface area (TPSA) is 49.4 Å². The lowest BCUT2D eigenvalue weighted by Gasteiger charge is -2.30. The van der Waals surface area contributed by atoms with Crippen LogP contribution >= 0.6 is 23.2 Å². The lowest BCUT2D eigenvalue weighted by atomic mass is 10.1. The number of nitrogens with zero attached hydrogens (tertiary/aromatic N) is 1. The average Bonchev–Trinajstić information content (AvgIpc) is 2.65. The minimum Gasteiger partial charge on any atom is -0.357 e. The molecule has 0 aromatic heterocycles. The van der Waals surface area contributed by atoms with Gasteiger partial charge in [0.15, 0.2) is 0 Å². The molecule has 0 aliphatic heterocycles. The van der Waals surface area contributed by atoms with Gasteiger partial charge in [0.2, 0.25) is 11.8 Å². The normalized spacial score (nSPS) is 11.7. The number of rotatable bonds is 7. The Hall–Kier alpha value is -2.04. The van der Waals surface area contributed by atoms with E-state index in [0.29, 0.717) is 16.5 Å². The van der Waals surface area contributed by atoms with Crippen molar-refractivity contribution in [1.82, 2.24) is 10.2 Å². The van der Waals surface area contributed by atoms with Gasteiger partial charge in [0.1, 0.15) is 6.04 Å². The molecule has 1 atom stereocenters. The van der Waals surface area contributed by atoms with Crippen LogP contribution in [0, 0.1) is 6.92 Å². The summed E-state index contributed by atoms with van der Waals surface area (Å²) in [6.07, 6.45) is 0.746. The zero-order chi connectivity index (χ0) is 20.0. The van der Waals surface area contributed by atoms with E-state index in [1.807, 2.05) is 44.2 Å². The smallest absolute Gasteiger partial charge is 0.242 e. The lowest BCUT2D eigenvalue weighted by Crippen LogP contribution is -2.48. The zero-order valence-corrected chi connectivity index (χ0v) is 17.3. The number of benzene rings is 2. The third kappa shape index (κ3) is 5.72. The molecule has 2 amide bonds. The molecule has 4 nitrogen and oxygen atoms in total. The van der Waals surface area contributed by atoms with E-state index in [-0.39, 0.29) is 24.8 Å². The third-order valence-electron chi connectivity index (χ3n) is 4.45. The highest BCUT2D eigenvalue weighted by molar-refractivity contribution is 6.42. The van der Waals surface area contributed by atoms with Gasteiger partial charge < -0.3 is 10.2 Å². The summed E-state index contributed by atoms with van der Waals surface area (Å²) >= 11 is 12.1. The van der Waals surface area contributed by atoms with Gasteiger partial charge in [-0.3, -0.25) is 9.59 Å². The second-order valence-corrected chi connectivity index (χ2v) is 7.29. The summed E-state index contributed by atoms with van der Waals surface area (Å²) in [6.45, 7) is 4.18. The van der Waals surface area contributed by atoms with Crippen molar-refractivity contribution >= 4 is 35.0 Å². The van der Waals surface area contributed by atoms with Crippen molar-refractivity contribution in [3.8, 4) is 0 Å². The molecule has 0 saturated carbocycles. The molecule has 0 aliphatic rings. The Balaban J connectivity index is 2.29. The van der Waals surface area contributed by atoms with Gasteiger partial charge in [-0.2, -0.15) is 0 Å². The Kier molecular flexibility index (Phi) is 7.69. The fourth-order valence-electron chi connectivity index (χ4n) is 2.90. The van der Waals surface area contributed by atoms with Crippen molar-refractivity contribution in [2.75, 3.05) is 7.05 Å². The Morgan fingerprint density at radius 2 is 1.67 bits per heavy atom. The minimum atomic E-state index is -0.553. The first-order chi connectivity index (χ1) is 12.8. The van der Waals surface area contributed by atoms with Crippen LogP contribution in [0.1, 0.15) is 30.0 Å². The summed E-state index contributed by atoms with van der Waals surface area (Å²) in [5, 5.41) is 3.53. The van der Waals surface area contributed by atoms with Crippen LogP contribution in [0.3, 0.4) is 0 Å². The number of likely N-dealkylation sites (N-methyl/N-ethyl adjacent to an activating group) is 1. The predicted octanol–water partition coefficient (Wildman–Crippen LogP) is 4.40. The molecule has 1 unspecified atom stereocenters.